The first-order chi connectivity index (χ1) is 12.6. The van der Waals surface area contributed by atoms with Crippen molar-refractivity contribution in [2.24, 2.45) is 0 Å². The molecule has 1 aromatic rings. The number of halogens is 1. The van der Waals surface area contributed by atoms with Gasteiger partial charge in [-0.15, -0.1) is 0 Å². The molecule has 140 valence electrons. The summed E-state index contributed by atoms with van der Waals surface area (Å²) in [6.07, 6.45) is 1.56. The lowest BCUT2D eigenvalue weighted by molar-refractivity contribution is -0.146. The summed E-state index contributed by atoms with van der Waals surface area (Å²) >= 11 is 0. The lowest BCUT2D eigenvalue weighted by Crippen LogP contribution is -2.51. The van der Waals surface area contributed by atoms with Crippen LogP contribution in [-0.4, -0.2) is 66.3 Å². The molecule has 2 aliphatic heterocycles. The van der Waals surface area contributed by atoms with Crippen molar-refractivity contribution in [1.82, 2.24) is 9.80 Å². The van der Waals surface area contributed by atoms with Gasteiger partial charge in [0.15, 0.2) is 5.78 Å². The average Bonchev–Trinajstić information content (AvgIpc) is 3.16. The quantitative estimate of drug-likeness (QED) is 0.747. The van der Waals surface area contributed by atoms with Crippen LogP contribution in [0, 0.1) is 5.82 Å². The number of benzene rings is 1. The Hall–Kier alpha value is -2.28. The van der Waals surface area contributed by atoms with Gasteiger partial charge in [0.2, 0.25) is 11.8 Å². The number of morpholine rings is 1. The number of ether oxygens (including phenoxy) is 1. The average molecular weight is 362 g/mol. The molecule has 0 bridgehead atoms. The molecule has 2 fully saturated rings. The minimum atomic E-state index is -0.429. The first-order valence-corrected chi connectivity index (χ1v) is 9.01. The van der Waals surface area contributed by atoms with Crippen molar-refractivity contribution in [3.8, 4) is 0 Å². The van der Waals surface area contributed by atoms with E-state index in [1.165, 1.54) is 24.3 Å². The van der Waals surface area contributed by atoms with Gasteiger partial charge in [-0.25, -0.2) is 4.39 Å². The number of amides is 2. The summed E-state index contributed by atoms with van der Waals surface area (Å²) in [6.45, 7) is 2.71. The van der Waals surface area contributed by atoms with E-state index >= 15 is 0 Å². The highest BCUT2D eigenvalue weighted by atomic mass is 19.1. The summed E-state index contributed by atoms with van der Waals surface area (Å²) in [5.74, 6) is -0.804. The van der Waals surface area contributed by atoms with Crippen molar-refractivity contribution < 1.29 is 23.5 Å². The van der Waals surface area contributed by atoms with E-state index in [4.69, 9.17) is 4.74 Å². The van der Waals surface area contributed by atoms with E-state index in [1.54, 1.807) is 9.80 Å². The number of rotatable bonds is 5. The first-order valence-electron chi connectivity index (χ1n) is 9.01. The molecule has 1 atom stereocenters. The summed E-state index contributed by atoms with van der Waals surface area (Å²) in [6, 6.07) is 4.87. The van der Waals surface area contributed by atoms with Gasteiger partial charge >= 0.3 is 0 Å². The molecule has 0 saturated carbocycles. The van der Waals surface area contributed by atoms with Crippen LogP contribution < -0.4 is 0 Å². The van der Waals surface area contributed by atoms with Crippen LogP contribution in [0.15, 0.2) is 24.3 Å². The summed E-state index contributed by atoms with van der Waals surface area (Å²) in [5, 5.41) is 0. The zero-order valence-electron chi connectivity index (χ0n) is 14.7. The van der Waals surface area contributed by atoms with Gasteiger partial charge in [-0.3, -0.25) is 14.4 Å². The van der Waals surface area contributed by atoms with Crippen LogP contribution in [0.4, 0.5) is 4.39 Å². The molecule has 0 spiro atoms. The normalized spacial score (nSPS) is 20.3. The lowest BCUT2D eigenvalue weighted by atomic mass is 10.1. The first kappa shape index (κ1) is 18.5. The zero-order chi connectivity index (χ0) is 18.5. The van der Waals surface area contributed by atoms with Crippen molar-refractivity contribution in [2.45, 2.75) is 31.7 Å². The Labute approximate surface area is 151 Å². The number of nitrogens with zero attached hydrogens (tertiary/aromatic N) is 2. The van der Waals surface area contributed by atoms with Crippen LogP contribution in [0.2, 0.25) is 0 Å². The van der Waals surface area contributed by atoms with E-state index in [9.17, 15) is 18.8 Å². The van der Waals surface area contributed by atoms with Crippen LogP contribution in [0.5, 0.6) is 0 Å². The summed E-state index contributed by atoms with van der Waals surface area (Å²) < 4.78 is 18.2. The molecular weight excluding hydrogens is 339 g/mol. The Balaban J connectivity index is 1.55. The number of ketones is 1. The molecule has 3 rings (SSSR count). The maximum Gasteiger partial charge on any atom is 0.245 e. The zero-order valence-corrected chi connectivity index (χ0v) is 14.7. The van der Waals surface area contributed by atoms with Crippen molar-refractivity contribution >= 4 is 17.6 Å². The van der Waals surface area contributed by atoms with E-state index in [-0.39, 0.29) is 30.4 Å². The van der Waals surface area contributed by atoms with Crippen LogP contribution in [-0.2, 0) is 14.3 Å². The third-order valence-electron chi connectivity index (χ3n) is 4.91. The van der Waals surface area contributed by atoms with Crippen molar-refractivity contribution in [3.63, 3.8) is 0 Å². The van der Waals surface area contributed by atoms with E-state index < -0.39 is 11.9 Å². The Morgan fingerprint density at radius 2 is 1.73 bits per heavy atom. The van der Waals surface area contributed by atoms with Crippen molar-refractivity contribution in [3.05, 3.63) is 35.6 Å². The Morgan fingerprint density at radius 1 is 1.04 bits per heavy atom. The van der Waals surface area contributed by atoms with Crippen LogP contribution in [0.1, 0.15) is 36.0 Å². The van der Waals surface area contributed by atoms with E-state index in [0.717, 1.165) is 6.42 Å². The second kappa shape index (κ2) is 8.40. The highest BCUT2D eigenvalue weighted by Gasteiger charge is 2.36. The molecule has 0 unspecified atom stereocenters. The van der Waals surface area contributed by atoms with Crippen LogP contribution in [0.3, 0.4) is 0 Å². The van der Waals surface area contributed by atoms with Gasteiger partial charge in [0.05, 0.1) is 13.2 Å². The van der Waals surface area contributed by atoms with Crippen molar-refractivity contribution in [1.29, 1.82) is 0 Å². The maximum atomic E-state index is 12.9. The van der Waals surface area contributed by atoms with Gasteiger partial charge in [-0.05, 0) is 37.1 Å². The highest BCUT2D eigenvalue weighted by Crippen LogP contribution is 2.21. The molecule has 2 saturated heterocycles. The number of carbonyl (C=O) groups excluding carboxylic acids is 3. The standard InChI is InChI=1S/C19H23FN2O4/c20-15-5-3-14(4-6-15)17(23)7-8-18(24)22-9-1-2-16(22)19(25)21-10-12-26-13-11-21/h3-6,16H,1-2,7-13H2/t16-/m1/s1. The molecule has 2 heterocycles. The fraction of sp³-hybridized carbons (Fsp3) is 0.526. The van der Waals surface area contributed by atoms with E-state index in [2.05, 4.69) is 0 Å². The minimum Gasteiger partial charge on any atom is -0.378 e. The Kier molecular flexibility index (Phi) is 5.98. The molecule has 26 heavy (non-hydrogen) atoms. The molecule has 0 aromatic heterocycles. The van der Waals surface area contributed by atoms with Gasteiger partial charge < -0.3 is 14.5 Å². The Bertz CT molecular complexity index is 671. The Morgan fingerprint density at radius 3 is 2.42 bits per heavy atom. The predicted octanol–water partition coefficient (Wildman–Crippen LogP) is 1.64. The largest absolute Gasteiger partial charge is 0.378 e. The van der Waals surface area contributed by atoms with Crippen LogP contribution >= 0.6 is 0 Å². The van der Waals surface area contributed by atoms with Gasteiger partial charge in [0.25, 0.3) is 0 Å². The van der Waals surface area contributed by atoms with Crippen molar-refractivity contribution in [2.75, 3.05) is 32.8 Å². The number of hydrogen-bond donors (Lipinski definition) is 0. The smallest absolute Gasteiger partial charge is 0.245 e. The fourth-order valence-electron chi connectivity index (χ4n) is 3.46. The maximum absolute atomic E-state index is 12.9. The second-order valence-electron chi connectivity index (χ2n) is 6.61. The number of Topliss-reactive ketones (excluding diaryl/α,β-unsaturated/α-hetero) is 1. The van der Waals surface area contributed by atoms with E-state index in [0.29, 0.717) is 44.8 Å². The van der Waals surface area contributed by atoms with Gasteiger partial charge in [-0.1, -0.05) is 0 Å². The van der Waals surface area contributed by atoms with Gasteiger partial charge in [0, 0.05) is 38.0 Å². The molecule has 7 heteroatoms. The molecule has 1 aromatic carbocycles. The monoisotopic (exact) mass is 362 g/mol. The number of likely N-dealkylation sites (tertiary alicyclic amines) is 1. The summed E-state index contributed by atoms with van der Waals surface area (Å²) in [5.41, 5.74) is 0.390. The minimum absolute atomic E-state index is 0.0241. The lowest BCUT2D eigenvalue weighted by Gasteiger charge is -2.32. The summed E-state index contributed by atoms with van der Waals surface area (Å²) in [4.78, 5) is 40.7. The number of carbonyl (C=O) groups is 3. The SMILES string of the molecule is O=C(CCC(=O)N1CCC[C@@H]1C(=O)N1CCOCC1)c1ccc(F)cc1. The molecule has 6 nitrogen and oxygen atoms in total. The predicted molar refractivity (Wildman–Crippen MR) is 92.1 cm³/mol. The third kappa shape index (κ3) is 4.27. The molecular formula is C19H23FN2O4. The highest BCUT2D eigenvalue weighted by molar-refractivity contribution is 5.98. The third-order valence-corrected chi connectivity index (χ3v) is 4.91. The topological polar surface area (TPSA) is 66.9 Å². The molecule has 0 radical (unpaired) electrons. The molecule has 2 aliphatic rings. The molecule has 2 amide bonds. The fourth-order valence-corrected chi connectivity index (χ4v) is 3.46. The molecule has 0 N–H and O–H groups in total. The van der Waals surface area contributed by atoms with Gasteiger partial charge in [-0.2, -0.15) is 0 Å². The van der Waals surface area contributed by atoms with Crippen LogP contribution in [0.25, 0.3) is 0 Å². The summed E-state index contributed by atoms with van der Waals surface area (Å²) in [7, 11) is 0. The van der Waals surface area contributed by atoms with Gasteiger partial charge in [0.1, 0.15) is 11.9 Å². The number of hydrogen-bond acceptors (Lipinski definition) is 4. The second-order valence-corrected chi connectivity index (χ2v) is 6.61. The van der Waals surface area contributed by atoms with E-state index in [1.807, 2.05) is 0 Å². The molecule has 0 aliphatic carbocycles.